The minimum Gasteiger partial charge on any atom is -0.493 e. The van der Waals surface area contributed by atoms with Crippen molar-refractivity contribution in [1.29, 1.82) is 0 Å². The zero-order valence-corrected chi connectivity index (χ0v) is 7.05. The van der Waals surface area contributed by atoms with E-state index in [1.807, 2.05) is 18.2 Å². The van der Waals surface area contributed by atoms with E-state index in [0.29, 0.717) is 5.92 Å². The van der Waals surface area contributed by atoms with Crippen LogP contribution < -0.4 is 4.74 Å². The summed E-state index contributed by atoms with van der Waals surface area (Å²) in [5.74, 6) is 2.40. The second-order valence-corrected chi connectivity index (χ2v) is 3.09. The maximum absolute atomic E-state index is 5.45. The quantitative estimate of drug-likeness (QED) is 0.628. The molecule has 0 N–H and O–H groups in total. The number of hydrogen-bond acceptors (Lipinski definition) is 2. The molecule has 0 saturated heterocycles. The Balaban J connectivity index is 2.39. The molecule has 0 aromatic heterocycles. The minimum atomic E-state index is 0.495. The Morgan fingerprint density at radius 1 is 1.45 bits per heavy atom. The van der Waals surface area contributed by atoms with E-state index in [1.54, 1.807) is 0 Å². The number of ether oxygens (including phenoxy) is 1. The third-order valence-electron chi connectivity index (χ3n) is 2.02. The highest BCUT2D eigenvalue weighted by atomic mass is 32.1. The highest BCUT2D eigenvalue weighted by Gasteiger charge is 2.21. The predicted octanol–water partition coefficient (Wildman–Crippen LogP) is 2.09. The van der Waals surface area contributed by atoms with E-state index in [0.717, 1.165) is 18.1 Å². The molecule has 0 spiro atoms. The first kappa shape index (κ1) is 7.04. The lowest BCUT2D eigenvalue weighted by molar-refractivity contribution is 0.339. The van der Waals surface area contributed by atoms with Crippen LogP contribution in [0.15, 0.2) is 24.3 Å². The largest absolute Gasteiger partial charge is 0.493 e. The van der Waals surface area contributed by atoms with Gasteiger partial charge in [-0.1, -0.05) is 18.2 Å². The fraction of sp³-hybridized carbons (Fsp3) is 0.333. The molecule has 0 bridgehead atoms. The topological polar surface area (TPSA) is 9.23 Å². The molecular weight excluding hydrogens is 156 g/mol. The van der Waals surface area contributed by atoms with Crippen LogP contribution in [0.2, 0.25) is 0 Å². The van der Waals surface area contributed by atoms with Crippen molar-refractivity contribution in [2.24, 2.45) is 0 Å². The van der Waals surface area contributed by atoms with Crippen LogP contribution in [-0.4, -0.2) is 12.4 Å². The van der Waals surface area contributed by atoms with Crippen LogP contribution in [0.25, 0.3) is 0 Å². The van der Waals surface area contributed by atoms with Crippen LogP contribution in [-0.2, 0) is 0 Å². The maximum Gasteiger partial charge on any atom is 0.122 e. The van der Waals surface area contributed by atoms with Crippen LogP contribution in [0.4, 0.5) is 0 Å². The molecule has 1 atom stereocenters. The van der Waals surface area contributed by atoms with E-state index < -0.39 is 0 Å². The molecule has 0 fully saturated rings. The number of hydrogen-bond donors (Lipinski definition) is 1. The molecule has 58 valence electrons. The van der Waals surface area contributed by atoms with E-state index in [-0.39, 0.29) is 0 Å². The van der Waals surface area contributed by atoms with Crippen molar-refractivity contribution >= 4 is 12.6 Å². The molecule has 2 rings (SSSR count). The van der Waals surface area contributed by atoms with Crippen LogP contribution in [0.5, 0.6) is 5.75 Å². The molecule has 11 heavy (non-hydrogen) atoms. The Hall–Kier alpha value is -0.630. The molecule has 1 heterocycles. The van der Waals surface area contributed by atoms with E-state index >= 15 is 0 Å². The monoisotopic (exact) mass is 166 g/mol. The average Bonchev–Trinajstić information content (AvgIpc) is 2.47. The standard InChI is InChI=1S/C9H10OS/c11-6-7-5-10-9-4-2-1-3-8(7)9/h1-4,7,11H,5-6H2. The molecule has 1 aliphatic rings. The maximum atomic E-state index is 5.45. The van der Waals surface area contributed by atoms with Crippen molar-refractivity contribution in [2.45, 2.75) is 5.92 Å². The van der Waals surface area contributed by atoms with Gasteiger partial charge in [-0.2, -0.15) is 12.6 Å². The lowest BCUT2D eigenvalue weighted by Gasteiger charge is -2.01. The van der Waals surface area contributed by atoms with Crippen molar-refractivity contribution in [3.05, 3.63) is 29.8 Å². The molecule has 0 aliphatic carbocycles. The molecule has 0 saturated carbocycles. The first-order valence-corrected chi connectivity index (χ1v) is 4.37. The van der Waals surface area contributed by atoms with E-state index in [1.165, 1.54) is 5.56 Å². The highest BCUT2D eigenvalue weighted by molar-refractivity contribution is 7.80. The van der Waals surface area contributed by atoms with Crippen LogP contribution >= 0.6 is 12.6 Å². The van der Waals surface area contributed by atoms with Gasteiger partial charge >= 0.3 is 0 Å². The third kappa shape index (κ3) is 1.11. The normalized spacial score (nSPS) is 21.0. The molecule has 2 heteroatoms. The lowest BCUT2D eigenvalue weighted by atomic mass is 10.0. The summed E-state index contributed by atoms with van der Waals surface area (Å²) in [6.45, 7) is 0.794. The zero-order valence-electron chi connectivity index (χ0n) is 6.16. The smallest absolute Gasteiger partial charge is 0.122 e. The second kappa shape index (κ2) is 2.78. The lowest BCUT2D eigenvalue weighted by Crippen LogP contribution is -2.00. The predicted molar refractivity (Wildman–Crippen MR) is 48.5 cm³/mol. The molecule has 0 radical (unpaired) electrons. The summed E-state index contributed by atoms with van der Waals surface area (Å²) in [4.78, 5) is 0. The summed E-state index contributed by atoms with van der Waals surface area (Å²) in [6.07, 6.45) is 0. The number of rotatable bonds is 1. The van der Waals surface area contributed by atoms with Crippen LogP contribution in [0.1, 0.15) is 11.5 Å². The molecule has 1 aromatic carbocycles. The minimum absolute atomic E-state index is 0.495. The van der Waals surface area contributed by atoms with Gasteiger partial charge in [-0.3, -0.25) is 0 Å². The fourth-order valence-corrected chi connectivity index (χ4v) is 1.68. The SMILES string of the molecule is SCC1COc2ccccc21. The van der Waals surface area contributed by atoms with Gasteiger partial charge in [0.25, 0.3) is 0 Å². The number of para-hydroxylation sites is 1. The highest BCUT2D eigenvalue weighted by Crippen LogP contribution is 2.33. The average molecular weight is 166 g/mol. The van der Waals surface area contributed by atoms with Crippen LogP contribution in [0, 0.1) is 0 Å². The summed E-state index contributed by atoms with van der Waals surface area (Å²) in [5.41, 5.74) is 1.31. The Labute approximate surface area is 71.8 Å². The molecule has 1 nitrogen and oxygen atoms in total. The Bertz CT molecular complexity index is 259. The van der Waals surface area contributed by atoms with Crippen molar-refractivity contribution in [3.8, 4) is 5.75 Å². The summed E-state index contributed by atoms with van der Waals surface area (Å²) in [6, 6.07) is 8.17. The number of thiol groups is 1. The van der Waals surface area contributed by atoms with Crippen molar-refractivity contribution in [1.82, 2.24) is 0 Å². The Morgan fingerprint density at radius 2 is 2.27 bits per heavy atom. The van der Waals surface area contributed by atoms with Crippen molar-refractivity contribution in [3.63, 3.8) is 0 Å². The summed E-state index contributed by atoms with van der Waals surface area (Å²) in [7, 11) is 0. The third-order valence-corrected chi connectivity index (χ3v) is 2.46. The van der Waals surface area contributed by atoms with Crippen molar-refractivity contribution in [2.75, 3.05) is 12.4 Å². The van der Waals surface area contributed by atoms with E-state index in [4.69, 9.17) is 4.74 Å². The molecule has 0 amide bonds. The van der Waals surface area contributed by atoms with Gasteiger partial charge in [0.05, 0.1) is 6.61 Å². The van der Waals surface area contributed by atoms with Gasteiger partial charge < -0.3 is 4.74 Å². The molecular formula is C9H10OS. The van der Waals surface area contributed by atoms with Gasteiger partial charge in [0.1, 0.15) is 5.75 Å². The fourth-order valence-electron chi connectivity index (χ4n) is 1.38. The Morgan fingerprint density at radius 3 is 3.09 bits per heavy atom. The van der Waals surface area contributed by atoms with Crippen LogP contribution in [0.3, 0.4) is 0 Å². The first-order valence-electron chi connectivity index (χ1n) is 3.74. The summed E-state index contributed by atoms with van der Waals surface area (Å²) in [5, 5.41) is 0. The Kier molecular flexibility index (Phi) is 1.78. The van der Waals surface area contributed by atoms with Gasteiger partial charge in [-0.25, -0.2) is 0 Å². The summed E-state index contributed by atoms with van der Waals surface area (Å²) >= 11 is 4.26. The number of fused-ring (bicyclic) bond motifs is 1. The zero-order chi connectivity index (χ0) is 7.68. The van der Waals surface area contributed by atoms with Gasteiger partial charge in [-0.05, 0) is 6.07 Å². The van der Waals surface area contributed by atoms with Crippen molar-refractivity contribution < 1.29 is 4.74 Å². The van der Waals surface area contributed by atoms with Gasteiger partial charge in [0.2, 0.25) is 0 Å². The van der Waals surface area contributed by atoms with E-state index in [2.05, 4.69) is 18.7 Å². The second-order valence-electron chi connectivity index (χ2n) is 2.73. The molecule has 1 unspecified atom stereocenters. The molecule has 1 aromatic rings. The number of benzene rings is 1. The van der Waals surface area contributed by atoms with Gasteiger partial charge in [-0.15, -0.1) is 0 Å². The summed E-state index contributed by atoms with van der Waals surface area (Å²) < 4.78 is 5.45. The van der Waals surface area contributed by atoms with Gasteiger partial charge in [0, 0.05) is 17.2 Å². The van der Waals surface area contributed by atoms with Gasteiger partial charge in [0.15, 0.2) is 0 Å². The molecule has 1 aliphatic heterocycles. The first-order chi connectivity index (χ1) is 5.42. The van der Waals surface area contributed by atoms with E-state index in [9.17, 15) is 0 Å².